The summed E-state index contributed by atoms with van der Waals surface area (Å²) in [5, 5.41) is 19.2. The lowest BCUT2D eigenvalue weighted by Crippen LogP contribution is -2.17. The number of aromatic nitrogens is 6. The molecule has 4 aromatic rings. The predicted molar refractivity (Wildman–Crippen MR) is 130 cm³/mol. The highest BCUT2D eigenvalue weighted by atomic mass is 32.2. The number of rotatable bonds is 9. The van der Waals surface area contributed by atoms with Crippen LogP contribution in [0.25, 0.3) is 17.1 Å². The Morgan fingerprint density at radius 3 is 2.32 bits per heavy atom. The van der Waals surface area contributed by atoms with Gasteiger partial charge in [-0.1, -0.05) is 6.07 Å². The third-order valence-electron chi connectivity index (χ3n) is 5.05. The van der Waals surface area contributed by atoms with Crippen molar-refractivity contribution >= 4 is 17.9 Å². The molecule has 0 radical (unpaired) electrons. The second-order valence-corrected chi connectivity index (χ2v) is 8.61. The van der Waals surface area contributed by atoms with Gasteiger partial charge in [-0.3, -0.25) is 14.3 Å². The van der Waals surface area contributed by atoms with Crippen LogP contribution in [0.1, 0.15) is 24.4 Å². The van der Waals surface area contributed by atoms with Gasteiger partial charge in [-0.2, -0.15) is 0 Å². The Bertz CT molecular complexity index is 1210. The fourth-order valence-electron chi connectivity index (χ4n) is 3.27. The molecule has 176 valence electrons. The molecule has 2 unspecified atom stereocenters. The highest BCUT2D eigenvalue weighted by Crippen LogP contribution is 2.38. The number of hydrogen-bond donors (Lipinski definition) is 2. The molecule has 0 amide bonds. The summed E-state index contributed by atoms with van der Waals surface area (Å²) in [5.41, 5.74) is 2.33. The number of aryl methyl sites for hydroxylation is 1. The Hall–Kier alpha value is -3.70. The third-order valence-corrected chi connectivity index (χ3v) is 5.98. The van der Waals surface area contributed by atoms with Crippen molar-refractivity contribution in [1.82, 2.24) is 29.7 Å². The maximum absolute atomic E-state index is 10.7. The van der Waals surface area contributed by atoms with Crippen molar-refractivity contribution < 1.29 is 14.6 Å². The highest BCUT2D eigenvalue weighted by molar-refractivity contribution is 8.01. The lowest BCUT2D eigenvalue weighted by molar-refractivity contribution is 0.169. The number of aliphatic hydroxyl groups excluding tert-OH is 1. The topological polar surface area (TPSA) is 120 Å². The van der Waals surface area contributed by atoms with E-state index < -0.39 is 6.10 Å². The molecule has 11 heteroatoms. The molecule has 3 aromatic heterocycles. The number of anilines is 1. The number of pyridine rings is 1. The zero-order valence-electron chi connectivity index (χ0n) is 19.2. The van der Waals surface area contributed by atoms with Crippen LogP contribution in [0.5, 0.6) is 11.5 Å². The quantitative estimate of drug-likeness (QED) is 0.344. The fourth-order valence-corrected chi connectivity index (χ4v) is 3.95. The molecule has 0 saturated carbocycles. The van der Waals surface area contributed by atoms with Gasteiger partial charge < -0.3 is 14.6 Å². The predicted octanol–water partition coefficient (Wildman–Crippen LogP) is 3.63. The lowest BCUT2D eigenvalue weighted by Gasteiger charge is -2.20. The number of aliphatic hydroxyl groups is 1. The monoisotopic (exact) mass is 479 g/mol. The molecule has 0 aliphatic rings. The molecule has 0 bridgehead atoms. The largest absolute Gasteiger partial charge is 0.494 e. The first kappa shape index (κ1) is 23.5. The van der Waals surface area contributed by atoms with Crippen molar-refractivity contribution in [3.8, 4) is 28.6 Å². The van der Waals surface area contributed by atoms with Gasteiger partial charge >= 0.3 is 0 Å². The van der Waals surface area contributed by atoms with Crippen molar-refractivity contribution in [2.24, 2.45) is 0 Å². The Morgan fingerprint density at radius 2 is 1.71 bits per heavy atom. The van der Waals surface area contributed by atoms with Crippen LogP contribution in [0.3, 0.4) is 0 Å². The second kappa shape index (κ2) is 10.5. The van der Waals surface area contributed by atoms with Gasteiger partial charge in [0.1, 0.15) is 23.3 Å². The molecule has 1 aromatic carbocycles. The lowest BCUT2D eigenvalue weighted by atomic mass is 10.2. The van der Waals surface area contributed by atoms with Crippen molar-refractivity contribution in [3.05, 3.63) is 66.5 Å². The molecular formula is C23H25N7O3S. The van der Waals surface area contributed by atoms with Crippen LogP contribution >= 0.6 is 11.9 Å². The molecule has 0 fully saturated rings. The number of nitrogens with zero attached hydrogens (tertiary/aromatic N) is 6. The minimum absolute atomic E-state index is 0.297. The molecule has 0 aliphatic heterocycles. The first-order chi connectivity index (χ1) is 16.5. The van der Waals surface area contributed by atoms with E-state index in [4.69, 9.17) is 9.47 Å². The molecule has 4 rings (SSSR count). The van der Waals surface area contributed by atoms with Crippen LogP contribution in [-0.2, 0) is 0 Å². The van der Waals surface area contributed by atoms with Gasteiger partial charge in [0.15, 0.2) is 11.6 Å². The van der Waals surface area contributed by atoms with Gasteiger partial charge in [0.2, 0.25) is 5.95 Å². The van der Waals surface area contributed by atoms with Gasteiger partial charge in [0.05, 0.1) is 19.5 Å². The second-order valence-electron chi connectivity index (χ2n) is 7.42. The smallest absolute Gasteiger partial charge is 0.239 e. The summed E-state index contributed by atoms with van der Waals surface area (Å²) >= 11 is 1.28. The van der Waals surface area contributed by atoms with E-state index in [2.05, 4.69) is 29.9 Å². The number of methoxy groups -OCH3 is 2. The van der Waals surface area contributed by atoms with Crippen molar-refractivity contribution in [1.29, 1.82) is 0 Å². The van der Waals surface area contributed by atoms with E-state index in [1.54, 1.807) is 39.0 Å². The van der Waals surface area contributed by atoms with Crippen LogP contribution in [0.4, 0.5) is 5.95 Å². The number of hydrogen-bond acceptors (Lipinski definition) is 10. The molecule has 10 nitrogen and oxygen atoms in total. The third kappa shape index (κ3) is 4.80. The van der Waals surface area contributed by atoms with Crippen LogP contribution in [-0.4, -0.2) is 54.3 Å². The van der Waals surface area contributed by atoms with Crippen LogP contribution in [0, 0.1) is 6.92 Å². The maximum Gasteiger partial charge on any atom is 0.239 e. The van der Waals surface area contributed by atoms with Gasteiger partial charge in [-0.15, -0.1) is 10.2 Å². The van der Waals surface area contributed by atoms with E-state index in [9.17, 15) is 5.11 Å². The average Bonchev–Trinajstić information content (AvgIpc) is 3.30. The molecule has 0 aliphatic carbocycles. The van der Waals surface area contributed by atoms with Crippen molar-refractivity contribution in [3.63, 3.8) is 0 Å². The van der Waals surface area contributed by atoms with Gasteiger partial charge in [-0.05, 0) is 55.6 Å². The van der Waals surface area contributed by atoms with Gasteiger partial charge in [0.25, 0.3) is 0 Å². The fraction of sp³-hybridized carbons (Fsp3) is 0.261. The van der Waals surface area contributed by atoms with E-state index in [-0.39, 0.29) is 5.25 Å². The number of nitrogens with one attached hydrogen (secondary N) is 1. The van der Waals surface area contributed by atoms with Gasteiger partial charge in [-0.25, -0.2) is 9.97 Å². The number of ether oxygens (including phenoxy) is 2. The summed E-state index contributed by atoms with van der Waals surface area (Å²) in [4.78, 5) is 12.7. The molecule has 2 atom stereocenters. The Balaban J connectivity index is 1.70. The number of benzene rings is 1. The average molecular weight is 480 g/mol. The van der Waals surface area contributed by atoms with E-state index >= 15 is 0 Å². The summed E-state index contributed by atoms with van der Waals surface area (Å²) in [7, 11) is 3.18. The maximum atomic E-state index is 10.7. The minimum atomic E-state index is -0.881. The van der Waals surface area contributed by atoms with Gasteiger partial charge in [0, 0.05) is 30.4 Å². The molecular weight excluding hydrogens is 454 g/mol. The zero-order chi connectivity index (χ0) is 24.1. The summed E-state index contributed by atoms with van der Waals surface area (Å²) in [6.07, 6.45) is 5.88. The normalized spacial score (nSPS) is 12.7. The van der Waals surface area contributed by atoms with Crippen molar-refractivity contribution in [2.75, 3.05) is 18.9 Å². The minimum Gasteiger partial charge on any atom is -0.494 e. The first-order valence-electron chi connectivity index (χ1n) is 10.5. The van der Waals surface area contributed by atoms with Crippen molar-refractivity contribution in [2.45, 2.75) is 25.2 Å². The summed E-state index contributed by atoms with van der Waals surface area (Å²) in [6, 6.07) is 9.24. The molecule has 3 heterocycles. The van der Waals surface area contributed by atoms with E-state index in [0.29, 0.717) is 34.8 Å². The Kier molecular flexibility index (Phi) is 7.24. The SMILES string of the molecule is COc1cccc(OC)c1-n1c(NSC(C)C(O)c2ncc(C)cn2)nnc1-c1cccnc1. The zero-order valence-corrected chi connectivity index (χ0v) is 20.0. The molecule has 0 spiro atoms. The van der Waals surface area contributed by atoms with E-state index in [0.717, 1.165) is 11.1 Å². The highest BCUT2D eigenvalue weighted by Gasteiger charge is 2.25. The Labute approximate surface area is 201 Å². The van der Waals surface area contributed by atoms with E-state index in [1.807, 2.05) is 48.7 Å². The van der Waals surface area contributed by atoms with Crippen LogP contribution in [0.15, 0.2) is 55.1 Å². The number of para-hydroxylation sites is 1. The van der Waals surface area contributed by atoms with Crippen LogP contribution in [0.2, 0.25) is 0 Å². The van der Waals surface area contributed by atoms with E-state index in [1.165, 1.54) is 11.9 Å². The van der Waals surface area contributed by atoms with Crippen LogP contribution < -0.4 is 14.2 Å². The molecule has 34 heavy (non-hydrogen) atoms. The summed E-state index contributed by atoms with van der Waals surface area (Å²) < 4.78 is 16.3. The standard InChI is InChI=1S/C23H25N7O3S/c1-14-11-25-21(26-12-14)20(31)15(2)34-29-23-28-27-22(16-7-6-10-24-13-16)30(23)19-17(32-3)8-5-9-18(19)33-4/h5-13,15,20,31H,1-4H3,(H,28,29). The Morgan fingerprint density at radius 1 is 1.00 bits per heavy atom. The summed E-state index contributed by atoms with van der Waals surface area (Å²) in [6.45, 7) is 3.77. The molecule has 2 N–H and O–H groups in total. The summed E-state index contributed by atoms with van der Waals surface area (Å²) in [5.74, 6) is 2.50. The first-order valence-corrected chi connectivity index (χ1v) is 11.4. The molecule has 0 saturated heterocycles.